The van der Waals surface area contributed by atoms with E-state index in [-0.39, 0.29) is 12.1 Å². The molecule has 0 radical (unpaired) electrons. The summed E-state index contributed by atoms with van der Waals surface area (Å²) in [5, 5.41) is 2.76. The van der Waals surface area contributed by atoms with Gasteiger partial charge in [0.15, 0.2) is 0 Å². The first-order valence-electron chi connectivity index (χ1n) is 11.7. The molecular weight excluding hydrogens is 385 g/mol. The van der Waals surface area contributed by atoms with E-state index in [2.05, 4.69) is 106 Å². The van der Waals surface area contributed by atoms with Crippen molar-refractivity contribution in [3.05, 3.63) is 94.5 Å². The number of fused-ring (bicyclic) bond motifs is 1. The first-order chi connectivity index (χ1) is 15.4. The van der Waals surface area contributed by atoms with E-state index in [1.54, 1.807) is 0 Å². The summed E-state index contributed by atoms with van der Waals surface area (Å²) < 4.78 is 2.60. The van der Waals surface area contributed by atoms with Crippen molar-refractivity contribution >= 4 is 44.9 Å². The molecule has 1 nitrogen and oxygen atoms in total. The van der Waals surface area contributed by atoms with Crippen molar-refractivity contribution in [2.24, 2.45) is 0 Å². The minimum atomic E-state index is -0.0331. The molecule has 3 heterocycles. The number of hydrogen-bond acceptors (Lipinski definition) is 0. The number of aryl methyl sites for hydroxylation is 3. The van der Waals surface area contributed by atoms with Gasteiger partial charge in [-0.15, -0.1) is 0 Å². The van der Waals surface area contributed by atoms with Gasteiger partial charge in [0.1, 0.15) is 0 Å². The fourth-order valence-electron chi connectivity index (χ4n) is 6.92. The third-order valence-corrected chi connectivity index (χ3v) is 8.13. The SMILES string of the molecule is Cc1cc(C)c(B2c3cccc4c3-n3c5c2cccc5c2cccc(c23)C4(C)C)c(C)c1. The van der Waals surface area contributed by atoms with Crippen LogP contribution in [0.2, 0.25) is 0 Å². The first-order valence-corrected chi connectivity index (χ1v) is 11.7. The molecule has 0 saturated carbocycles. The van der Waals surface area contributed by atoms with Gasteiger partial charge in [0.05, 0.1) is 5.52 Å². The van der Waals surface area contributed by atoms with Crippen molar-refractivity contribution in [3.8, 4) is 5.69 Å². The molecule has 5 aromatic rings. The van der Waals surface area contributed by atoms with Crippen LogP contribution in [-0.2, 0) is 5.41 Å². The molecule has 154 valence electrons. The fraction of sp³-hybridized carbons (Fsp3) is 0.200. The van der Waals surface area contributed by atoms with Gasteiger partial charge in [-0.05, 0) is 42.8 Å². The summed E-state index contributed by atoms with van der Waals surface area (Å²) in [5.41, 5.74) is 15.5. The number of nitrogens with zero attached hydrogens (tertiary/aromatic N) is 1. The van der Waals surface area contributed by atoms with Crippen molar-refractivity contribution in [2.75, 3.05) is 0 Å². The molecule has 0 bridgehead atoms. The van der Waals surface area contributed by atoms with Gasteiger partial charge >= 0.3 is 0 Å². The van der Waals surface area contributed by atoms with Crippen LogP contribution in [0.15, 0.2) is 66.7 Å². The van der Waals surface area contributed by atoms with E-state index in [0.717, 1.165) is 0 Å². The topological polar surface area (TPSA) is 4.93 Å². The lowest BCUT2D eigenvalue weighted by Gasteiger charge is -2.39. The number of para-hydroxylation sites is 3. The minimum Gasteiger partial charge on any atom is -0.310 e. The zero-order valence-electron chi connectivity index (χ0n) is 19.4. The van der Waals surface area contributed by atoms with Gasteiger partial charge in [0.25, 0.3) is 0 Å². The fourth-order valence-corrected chi connectivity index (χ4v) is 6.92. The molecule has 4 aromatic carbocycles. The van der Waals surface area contributed by atoms with Gasteiger partial charge < -0.3 is 4.57 Å². The minimum absolute atomic E-state index is 0.0331. The lowest BCUT2D eigenvalue weighted by atomic mass is 9.34. The second-order valence-electron chi connectivity index (χ2n) is 10.4. The van der Waals surface area contributed by atoms with Crippen molar-refractivity contribution in [2.45, 2.75) is 40.0 Å². The molecule has 7 rings (SSSR count). The van der Waals surface area contributed by atoms with Crippen LogP contribution in [-0.4, -0.2) is 11.3 Å². The zero-order valence-corrected chi connectivity index (χ0v) is 19.4. The molecule has 2 aliphatic rings. The quantitative estimate of drug-likeness (QED) is 0.329. The average Bonchev–Trinajstić information content (AvgIpc) is 3.10. The molecule has 0 spiro atoms. The molecule has 2 aliphatic heterocycles. The van der Waals surface area contributed by atoms with E-state index >= 15 is 0 Å². The highest BCUT2D eigenvalue weighted by molar-refractivity contribution is 6.98. The summed E-state index contributed by atoms with van der Waals surface area (Å²) >= 11 is 0. The molecule has 1 aromatic heterocycles. The molecular formula is C30H26BN. The molecule has 0 atom stereocenters. The molecule has 0 unspecified atom stereocenters. The summed E-state index contributed by atoms with van der Waals surface area (Å²) in [5.74, 6) is 0. The van der Waals surface area contributed by atoms with E-state index in [9.17, 15) is 0 Å². The number of benzene rings is 4. The number of aromatic nitrogens is 1. The molecule has 0 saturated heterocycles. The van der Waals surface area contributed by atoms with Crippen molar-refractivity contribution < 1.29 is 0 Å². The van der Waals surface area contributed by atoms with Crippen molar-refractivity contribution in [1.29, 1.82) is 0 Å². The highest BCUT2D eigenvalue weighted by atomic mass is 15.0. The van der Waals surface area contributed by atoms with Gasteiger partial charge in [-0.25, -0.2) is 0 Å². The standard InChI is InChI=1S/C30H26BN/c1-17-15-18(2)26(19(3)16-17)31-24-13-7-10-21-20-9-6-11-22-27(20)32(28(21)24)29-23(30(22,4)5)12-8-14-25(29)31/h6-16H,1-5H3. The normalized spacial score (nSPS) is 15.2. The Hall–Kier alpha value is -3.26. The predicted molar refractivity (Wildman–Crippen MR) is 138 cm³/mol. The summed E-state index contributed by atoms with van der Waals surface area (Å²) in [6.07, 6.45) is 0. The van der Waals surface area contributed by atoms with Crippen LogP contribution in [0.25, 0.3) is 27.5 Å². The molecule has 0 fully saturated rings. The number of hydrogen-bond donors (Lipinski definition) is 0. The average molecular weight is 411 g/mol. The van der Waals surface area contributed by atoms with Gasteiger partial charge in [-0.2, -0.15) is 0 Å². The molecule has 32 heavy (non-hydrogen) atoms. The van der Waals surface area contributed by atoms with Crippen molar-refractivity contribution in [1.82, 2.24) is 4.57 Å². The van der Waals surface area contributed by atoms with E-state index in [4.69, 9.17) is 0 Å². The summed E-state index contributed by atoms with van der Waals surface area (Å²) in [4.78, 5) is 0. The maximum Gasteiger partial charge on any atom is 0.247 e. The Balaban J connectivity index is 1.76. The molecule has 0 amide bonds. The highest BCUT2D eigenvalue weighted by Crippen LogP contribution is 2.47. The molecule has 2 heteroatoms. The Morgan fingerprint density at radius 3 is 2.03 bits per heavy atom. The third kappa shape index (κ3) is 1.97. The first kappa shape index (κ1) is 18.3. The second-order valence-corrected chi connectivity index (χ2v) is 10.4. The van der Waals surface area contributed by atoms with Crippen LogP contribution < -0.4 is 16.4 Å². The van der Waals surface area contributed by atoms with Gasteiger partial charge in [-0.3, -0.25) is 0 Å². The zero-order chi connectivity index (χ0) is 21.9. The van der Waals surface area contributed by atoms with Gasteiger partial charge in [-0.1, -0.05) is 103 Å². The predicted octanol–water partition coefficient (Wildman–Crippen LogP) is 5.18. The van der Waals surface area contributed by atoms with Gasteiger partial charge in [0, 0.05) is 27.4 Å². The highest BCUT2D eigenvalue weighted by Gasteiger charge is 2.42. The van der Waals surface area contributed by atoms with E-state index < -0.39 is 0 Å². The monoisotopic (exact) mass is 411 g/mol. The van der Waals surface area contributed by atoms with Crippen LogP contribution in [0.5, 0.6) is 0 Å². The summed E-state index contributed by atoms with van der Waals surface area (Å²) in [6, 6.07) is 25.5. The molecule has 0 N–H and O–H groups in total. The van der Waals surface area contributed by atoms with Crippen LogP contribution in [0.3, 0.4) is 0 Å². The molecule has 0 aliphatic carbocycles. The van der Waals surface area contributed by atoms with Gasteiger partial charge in [0.2, 0.25) is 6.71 Å². The van der Waals surface area contributed by atoms with E-state index in [1.807, 2.05) is 0 Å². The second kappa shape index (κ2) is 5.75. The lowest BCUT2D eigenvalue weighted by molar-refractivity contribution is 0.631. The summed E-state index contributed by atoms with van der Waals surface area (Å²) in [6.45, 7) is 11.8. The maximum atomic E-state index is 2.60. The largest absolute Gasteiger partial charge is 0.310 e. The maximum absolute atomic E-state index is 2.60. The van der Waals surface area contributed by atoms with E-state index in [1.165, 1.54) is 71.7 Å². The van der Waals surface area contributed by atoms with Crippen LogP contribution >= 0.6 is 0 Å². The Kier molecular flexibility index (Phi) is 3.29. The Bertz CT molecular complexity index is 1610. The van der Waals surface area contributed by atoms with Crippen LogP contribution in [0.4, 0.5) is 0 Å². The Morgan fingerprint density at radius 1 is 0.688 bits per heavy atom. The van der Waals surface area contributed by atoms with Crippen LogP contribution in [0, 0.1) is 20.8 Å². The van der Waals surface area contributed by atoms with Crippen LogP contribution in [0.1, 0.15) is 41.7 Å². The lowest BCUT2D eigenvalue weighted by Crippen LogP contribution is -2.58. The van der Waals surface area contributed by atoms with Crippen molar-refractivity contribution in [3.63, 3.8) is 0 Å². The number of rotatable bonds is 1. The summed E-state index contributed by atoms with van der Waals surface area (Å²) in [7, 11) is 0. The third-order valence-electron chi connectivity index (χ3n) is 8.13. The van der Waals surface area contributed by atoms with E-state index in [0.29, 0.717) is 0 Å². The Labute approximate surface area is 189 Å². The Morgan fingerprint density at radius 2 is 1.28 bits per heavy atom. The smallest absolute Gasteiger partial charge is 0.247 e.